The van der Waals surface area contributed by atoms with Crippen molar-refractivity contribution in [3.63, 3.8) is 0 Å². The predicted molar refractivity (Wildman–Crippen MR) is 61.3 cm³/mol. The summed E-state index contributed by atoms with van der Waals surface area (Å²) in [6.07, 6.45) is 1.69. The van der Waals surface area contributed by atoms with Gasteiger partial charge in [0.25, 0.3) is 0 Å². The van der Waals surface area contributed by atoms with Gasteiger partial charge in [0.1, 0.15) is 0 Å². The van der Waals surface area contributed by atoms with Crippen LogP contribution in [0.4, 0.5) is 0 Å². The van der Waals surface area contributed by atoms with E-state index in [1.54, 1.807) is 13.2 Å². The number of nitrogens with two attached hydrogens (primary N) is 1. The van der Waals surface area contributed by atoms with Gasteiger partial charge in [-0.05, 0) is 24.6 Å². The summed E-state index contributed by atoms with van der Waals surface area (Å²) < 4.78 is 10.6. The molecule has 82 valence electrons. The Morgan fingerprint density at radius 3 is 2.73 bits per heavy atom. The zero-order chi connectivity index (χ0) is 11.3. The molecule has 1 rings (SSSR count). The summed E-state index contributed by atoms with van der Waals surface area (Å²) in [4.78, 5) is 0. The molecule has 0 bridgehead atoms. The summed E-state index contributed by atoms with van der Waals surface area (Å²) >= 11 is 0. The lowest BCUT2D eigenvalue weighted by Crippen LogP contribution is -2.07. The largest absolute Gasteiger partial charge is 0.493 e. The number of hydrogen-bond donors (Lipinski definition) is 1. The van der Waals surface area contributed by atoms with Crippen molar-refractivity contribution in [2.45, 2.75) is 13.0 Å². The number of methoxy groups -OCH3 is 1. The molecule has 0 unspecified atom stereocenters. The third kappa shape index (κ3) is 2.73. The molecule has 0 aliphatic rings. The summed E-state index contributed by atoms with van der Waals surface area (Å²) in [7, 11) is 1.62. The van der Waals surface area contributed by atoms with Gasteiger partial charge < -0.3 is 15.2 Å². The number of hydrogen-bond acceptors (Lipinski definition) is 3. The van der Waals surface area contributed by atoms with Crippen LogP contribution in [0.2, 0.25) is 0 Å². The van der Waals surface area contributed by atoms with E-state index in [2.05, 4.69) is 6.58 Å². The molecule has 0 radical (unpaired) electrons. The molecule has 0 saturated heterocycles. The molecule has 1 atom stereocenters. The highest BCUT2D eigenvalue weighted by Gasteiger charge is 2.08. The van der Waals surface area contributed by atoms with Gasteiger partial charge >= 0.3 is 0 Å². The van der Waals surface area contributed by atoms with Gasteiger partial charge in [0.15, 0.2) is 11.5 Å². The van der Waals surface area contributed by atoms with Crippen LogP contribution >= 0.6 is 0 Å². The van der Waals surface area contributed by atoms with Crippen LogP contribution in [0.5, 0.6) is 11.5 Å². The Labute approximate surface area is 90.5 Å². The molecule has 0 heterocycles. The van der Waals surface area contributed by atoms with Crippen molar-refractivity contribution < 1.29 is 9.47 Å². The first-order valence-electron chi connectivity index (χ1n) is 4.91. The fourth-order valence-corrected chi connectivity index (χ4v) is 1.31. The van der Waals surface area contributed by atoms with Gasteiger partial charge in [-0.1, -0.05) is 12.1 Å². The molecule has 1 aromatic carbocycles. The highest BCUT2D eigenvalue weighted by atomic mass is 16.5. The smallest absolute Gasteiger partial charge is 0.161 e. The standard InChI is InChI=1S/C12H17NO2/c1-4-10(13)9-6-7-11(14-3)12(8-9)15-5-2/h4,6-8,10H,1,5,13H2,2-3H3/t10-/m0/s1. The first kappa shape index (κ1) is 11.6. The van der Waals surface area contributed by atoms with Gasteiger partial charge in [-0.3, -0.25) is 0 Å². The second kappa shape index (κ2) is 5.41. The molecule has 2 N–H and O–H groups in total. The second-order valence-electron chi connectivity index (χ2n) is 3.10. The minimum Gasteiger partial charge on any atom is -0.493 e. The summed E-state index contributed by atoms with van der Waals surface area (Å²) in [6, 6.07) is 5.47. The van der Waals surface area contributed by atoms with Crippen LogP contribution < -0.4 is 15.2 Å². The lowest BCUT2D eigenvalue weighted by Gasteiger charge is -2.13. The fraction of sp³-hybridized carbons (Fsp3) is 0.333. The molecular weight excluding hydrogens is 190 g/mol. The van der Waals surface area contributed by atoms with Gasteiger partial charge in [0.2, 0.25) is 0 Å². The first-order chi connectivity index (χ1) is 7.22. The highest BCUT2D eigenvalue weighted by Crippen LogP contribution is 2.29. The Hall–Kier alpha value is -1.48. The molecule has 3 nitrogen and oxygen atoms in total. The Morgan fingerprint density at radius 1 is 1.47 bits per heavy atom. The minimum absolute atomic E-state index is 0.171. The zero-order valence-corrected chi connectivity index (χ0v) is 9.19. The van der Waals surface area contributed by atoms with Crippen LogP contribution in [0.25, 0.3) is 0 Å². The fourth-order valence-electron chi connectivity index (χ4n) is 1.31. The Kier molecular flexibility index (Phi) is 4.18. The van der Waals surface area contributed by atoms with Crippen molar-refractivity contribution in [2.24, 2.45) is 5.73 Å². The average Bonchev–Trinajstić information content (AvgIpc) is 2.28. The summed E-state index contributed by atoms with van der Waals surface area (Å²) in [5, 5.41) is 0. The lowest BCUT2D eigenvalue weighted by molar-refractivity contribution is 0.310. The highest BCUT2D eigenvalue weighted by molar-refractivity contribution is 5.44. The second-order valence-corrected chi connectivity index (χ2v) is 3.10. The van der Waals surface area contributed by atoms with Crippen molar-refractivity contribution >= 4 is 0 Å². The molecule has 0 saturated carbocycles. The van der Waals surface area contributed by atoms with Crippen molar-refractivity contribution in [2.75, 3.05) is 13.7 Å². The van der Waals surface area contributed by atoms with Crippen LogP contribution in [0.1, 0.15) is 18.5 Å². The molecule has 15 heavy (non-hydrogen) atoms. The normalized spacial score (nSPS) is 11.9. The molecule has 0 aliphatic carbocycles. The maximum absolute atomic E-state index is 5.84. The number of benzene rings is 1. The number of ether oxygens (including phenoxy) is 2. The molecule has 0 aromatic heterocycles. The Balaban J connectivity index is 3.03. The van der Waals surface area contributed by atoms with E-state index in [0.717, 1.165) is 17.1 Å². The molecule has 0 fully saturated rings. The quantitative estimate of drug-likeness (QED) is 0.753. The van der Waals surface area contributed by atoms with Crippen LogP contribution in [0.3, 0.4) is 0 Å². The molecular formula is C12H17NO2. The SMILES string of the molecule is C=C[C@H](N)c1ccc(OC)c(OCC)c1. The van der Waals surface area contributed by atoms with Crippen molar-refractivity contribution in [1.29, 1.82) is 0 Å². The van der Waals surface area contributed by atoms with Crippen LogP contribution in [-0.2, 0) is 0 Å². The van der Waals surface area contributed by atoms with E-state index >= 15 is 0 Å². The average molecular weight is 207 g/mol. The van der Waals surface area contributed by atoms with E-state index < -0.39 is 0 Å². The van der Waals surface area contributed by atoms with Crippen molar-refractivity contribution in [3.8, 4) is 11.5 Å². The third-order valence-corrected chi connectivity index (χ3v) is 2.13. The van der Waals surface area contributed by atoms with Gasteiger partial charge in [0.05, 0.1) is 13.7 Å². The van der Waals surface area contributed by atoms with E-state index in [0.29, 0.717) is 6.61 Å². The summed E-state index contributed by atoms with van der Waals surface area (Å²) in [6.45, 7) is 6.19. The topological polar surface area (TPSA) is 44.5 Å². The Bertz CT molecular complexity index is 336. The third-order valence-electron chi connectivity index (χ3n) is 2.13. The molecule has 0 spiro atoms. The number of rotatable bonds is 5. The zero-order valence-electron chi connectivity index (χ0n) is 9.19. The van der Waals surface area contributed by atoms with E-state index in [4.69, 9.17) is 15.2 Å². The molecule has 3 heteroatoms. The van der Waals surface area contributed by atoms with Crippen molar-refractivity contribution in [3.05, 3.63) is 36.4 Å². The molecule has 0 amide bonds. The van der Waals surface area contributed by atoms with Crippen LogP contribution in [0.15, 0.2) is 30.9 Å². The molecule has 0 aliphatic heterocycles. The van der Waals surface area contributed by atoms with Gasteiger partial charge in [-0.2, -0.15) is 0 Å². The maximum Gasteiger partial charge on any atom is 0.161 e. The van der Waals surface area contributed by atoms with Gasteiger partial charge in [-0.25, -0.2) is 0 Å². The monoisotopic (exact) mass is 207 g/mol. The van der Waals surface area contributed by atoms with Gasteiger partial charge in [-0.15, -0.1) is 6.58 Å². The van der Waals surface area contributed by atoms with Crippen LogP contribution in [-0.4, -0.2) is 13.7 Å². The van der Waals surface area contributed by atoms with E-state index in [1.807, 2.05) is 25.1 Å². The molecule has 1 aromatic rings. The van der Waals surface area contributed by atoms with Crippen LogP contribution in [0, 0.1) is 0 Å². The Morgan fingerprint density at radius 2 is 2.20 bits per heavy atom. The lowest BCUT2D eigenvalue weighted by atomic mass is 10.1. The van der Waals surface area contributed by atoms with E-state index in [-0.39, 0.29) is 6.04 Å². The van der Waals surface area contributed by atoms with Crippen molar-refractivity contribution in [1.82, 2.24) is 0 Å². The first-order valence-corrected chi connectivity index (χ1v) is 4.91. The van der Waals surface area contributed by atoms with E-state index in [1.165, 1.54) is 0 Å². The predicted octanol–water partition coefficient (Wildman–Crippen LogP) is 2.28. The van der Waals surface area contributed by atoms with E-state index in [9.17, 15) is 0 Å². The summed E-state index contributed by atoms with van der Waals surface area (Å²) in [5.41, 5.74) is 6.80. The summed E-state index contributed by atoms with van der Waals surface area (Å²) in [5.74, 6) is 1.44. The maximum atomic E-state index is 5.84. The minimum atomic E-state index is -0.171. The van der Waals surface area contributed by atoms with Gasteiger partial charge in [0, 0.05) is 6.04 Å².